The predicted octanol–water partition coefficient (Wildman–Crippen LogP) is 1.69. The lowest BCUT2D eigenvalue weighted by Gasteiger charge is -2.44. The number of carbonyl (C=O) groups excluding carboxylic acids is 2. The van der Waals surface area contributed by atoms with Crippen molar-refractivity contribution in [3.05, 3.63) is 29.8 Å². The van der Waals surface area contributed by atoms with Crippen LogP contribution in [0.4, 0.5) is 13.2 Å². The van der Waals surface area contributed by atoms with Crippen LogP contribution in [0.2, 0.25) is 0 Å². The molecule has 1 aromatic rings. The molecule has 0 aliphatic carbocycles. The minimum Gasteiger partial charge on any atom is -0.467 e. The first-order valence-corrected chi connectivity index (χ1v) is 6.77. The molecule has 1 aromatic carbocycles. The summed E-state index contributed by atoms with van der Waals surface area (Å²) in [4.78, 5) is 24.0. The fraction of sp³-hybridized carbons (Fsp3) is 0.429. The van der Waals surface area contributed by atoms with Gasteiger partial charge in [-0.15, -0.1) is 0 Å². The van der Waals surface area contributed by atoms with Crippen molar-refractivity contribution < 1.29 is 27.5 Å². The van der Waals surface area contributed by atoms with Crippen LogP contribution in [0.25, 0.3) is 0 Å². The van der Waals surface area contributed by atoms with Gasteiger partial charge in [0.05, 0.1) is 5.56 Å². The van der Waals surface area contributed by atoms with E-state index in [0.29, 0.717) is 11.3 Å². The van der Waals surface area contributed by atoms with Crippen LogP contribution in [-0.2, 0) is 4.79 Å². The average molecular weight is 314 g/mol. The van der Waals surface area contributed by atoms with Crippen LogP contribution in [0.3, 0.4) is 0 Å². The number of halogens is 3. The highest BCUT2D eigenvalue weighted by atomic mass is 19.4. The van der Waals surface area contributed by atoms with E-state index in [0.717, 1.165) is 4.90 Å². The molecule has 0 saturated carbocycles. The zero-order chi connectivity index (χ0) is 16.0. The first-order valence-electron chi connectivity index (χ1n) is 6.77. The van der Waals surface area contributed by atoms with Crippen molar-refractivity contribution in [1.29, 1.82) is 0 Å². The van der Waals surface area contributed by atoms with Crippen molar-refractivity contribution in [2.45, 2.75) is 24.7 Å². The smallest absolute Gasteiger partial charge is 0.467 e. The van der Waals surface area contributed by atoms with Crippen LogP contribution >= 0.6 is 0 Å². The lowest BCUT2D eigenvalue weighted by molar-refractivity contribution is -0.188. The van der Waals surface area contributed by atoms with E-state index in [1.165, 1.54) is 0 Å². The molecule has 3 rings (SSSR count). The van der Waals surface area contributed by atoms with E-state index in [2.05, 4.69) is 5.32 Å². The number of rotatable bonds is 0. The summed E-state index contributed by atoms with van der Waals surface area (Å²) in [7, 11) is 0. The number of nitrogens with zero attached hydrogens (tertiary/aromatic N) is 1. The van der Waals surface area contributed by atoms with Gasteiger partial charge >= 0.3 is 12.1 Å². The highest BCUT2D eigenvalue weighted by molar-refractivity contribution is 5.98. The molecule has 5 nitrogen and oxygen atoms in total. The zero-order valence-electron chi connectivity index (χ0n) is 11.4. The summed E-state index contributed by atoms with van der Waals surface area (Å²) < 4.78 is 43.1. The quantitative estimate of drug-likeness (QED) is 0.793. The van der Waals surface area contributed by atoms with Gasteiger partial charge in [0.15, 0.2) is 5.72 Å². The number of alkyl halides is 3. The molecule has 8 heteroatoms. The van der Waals surface area contributed by atoms with Crippen LogP contribution in [0.15, 0.2) is 24.3 Å². The number of ether oxygens (including phenoxy) is 1. The Bertz CT molecular complexity index is 622. The van der Waals surface area contributed by atoms with Gasteiger partial charge in [0.2, 0.25) is 0 Å². The van der Waals surface area contributed by atoms with Crippen molar-refractivity contribution in [1.82, 2.24) is 10.2 Å². The second-order valence-electron chi connectivity index (χ2n) is 5.34. The van der Waals surface area contributed by atoms with Crippen LogP contribution < -0.4 is 10.1 Å². The van der Waals surface area contributed by atoms with Gasteiger partial charge in [-0.1, -0.05) is 12.1 Å². The molecule has 0 atom stereocenters. The molecule has 2 amide bonds. The maximum atomic E-state index is 12.4. The van der Waals surface area contributed by atoms with Crippen molar-refractivity contribution in [3.8, 4) is 5.75 Å². The number of likely N-dealkylation sites (tertiary alicyclic amines) is 1. The number of para-hydroxylation sites is 1. The third-order valence-corrected chi connectivity index (χ3v) is 3.88. The Balaban J connectivity index is 1.74. The second-order valence-corrected chi connectivity index (χ2v) is 5.34. The highest BCUT2D eigenvalue weighted by Gasteiger charge is 2.48. The summed E-state index contributed by atoms with van der Waals surface area (Å²) in [5, 5.41) is 2.71. The van der Waals surface area contributed by atoms with Gasteiger partial charge in [-0.25, -0.2) is 0 Å². The largest absolute Gasteiger partial charge is 0.471 e. The third-order valence-electron chi connectivity index (χ3n) is 3.88. The minimum absolute atomic E-state index is 0.106. The molecule has 118 valence electrons. The first kappa shape index (κ1) is 14.7. The monoisotopic (exact) mass is 314 g/mol. The van der Waals surface area contributed by atoms with Crippen molar-refractivity contribution in [3.63, 3.8) is 0 Å². The van der Waals surface area contributed by atoms with E-state index in [1.54, 1.807) is 24.3 Å². The SMILES string of the molecule is O=C1NC2(CCN(C(=O)C(F)(F)F)CC2)Oc2ccccc21. The molecule has 22 heavy (non-hydrogen) atoms. The van der Waals surface area contributed by atoms with E-state index in [1.807, 2.05) is 0 Å². The number of fused-ring (bicyclic) bond motifs is 1. The minimum atomic E-state index is -4.88. The summed E-state index contributed by atoms with van der Waals surface area (Å²) in [5.74, 6) is -1.77. The number of piperidine rings is 1. The molecule has 0 bridgehead atoms. The second kappa shape index (κ2) is 4.89. The third kappa shape index (κ3) is 2.49. The van der Waals surface area contributed by atoms with Gasteiger partial charge in [-0.05, 0) is 12.1 Å². The molecule has 0 unspecified atom stereocenters. The Kier molecular flexibility index (Phi) is 3.26. The topological polar surface area (TPSA) is 58.6 Å². The van der Waals surface area contributed by atoms with Crippen molar-refractivity contribution in [2.75, 3.05) is 13.1 Å². The van der Waals surface area contributed by atoms with Gasteiger partial charge in [-0.2, -0.15) is 13.2 Å². The highest BCUT2D eigenvalue weighted by Crippen LogP contribution is 2.34. The Labute approximate surface area is 124 Å². The van der Waals surface area contributed by atoms with Crippen LogP contribution in [-0.4, -0.2) is 41.7 Å². The Morgan fingerprint density at radius 2 is 1.86 bits per heavy atom. The maximum Gasteiger partial charge on any atom is 0.471 e. The fourth-order valence-corrected chi connectivity index (χ4v) is 2.73. The molecular formula is C14H13F3N2O3. The van der Waals surface area contributed by atoms with Crippen LogP contribution in [0, 0.1) is 0 Å². The predicted molar refractivity (Wildman–Crippen MR) is 69.1 cm³/mol. The van der Waals surface area contributed by atoms with E-state index >= 15 is 0 Å². The van der Waals surface area contributed by atoms with Crippen LogP contribution in [0.5, 0.6) is 5.75 Å². The fourth-order valence-electron chi connectivity index (χ4n) is 2.73. The molecule has 0 radical (unpaired) electrons. The summed E-state index contributed by atoms with van der Waals surface area (Å²) in [6.07, 6.45) is -4.67. The molecule has 2 heterocycles. The van der Waals surface area contributed by atoms with Crippen molar-refractivity contribution in [2.24, 2.45) is 0 Å². The molecule has 1 spiro atoms. The number of hydrogen-bond donors (Lipinski definition) is 1. The van der Waals surface area contributed by atoms with E-state index in [4.69, 9.17) is 4.74 Å². The normalized spacial score (nSPS) is 20.1. The lowest BCUT2D eigenvalue weighted by atomic mass is 9.97. The Hall–Kier alpha value is -2.25. The maximum absolute atomic E-state index is 12.4. The lowest BCUT2D eigenvalue weighted by Crippen LogP contribution is -2.62. The Morgan fingerprint density at radius 1 is 1.23 bits per heavy atom. The summed E-state index contributed by atoms with van der Waals surface area (Å²) in [6.45, 7) is -0.248. The molecule has 1 fully saturated rings. The number of carbonyl (C=O) groups is 2. The number of amides is 2. The number of hydrogen-bond acceptors (Lipinski definition) is 3. The molecular weight excluding hydrogens is 301 g/mol. The van der Waals surface area contributed by atoms with Crippen LogP contribution in [0.1, 0.15) is 23.2 Å². The first-order chi connectivity index (χ1) is 10.3. The summed E-state index contributed by atoms with van der Waals surface area (Å²) >= 11 is 0. The number of benzene rings is 1. The standard InChI is InChI=1S/C14H13F3N2O3/c15-14(16,17)12(21)19-7-5-13(6-8-19)18-11(20)9-3-1-2-4-10(9)22-13/h1-4H,5-8H2,(H,18,20). The van der Waals surface area contributed by atoms with Crippen molar-refractivity contribution >= 4 is 11.8 Å². The number of nitrogens with one attached hydrogen (secondary N) is 1. The summed E-state index contributed by atoms with van der Waals surface area (Å²) in [5.41, 5.74) is -0.657. The molecule has 2 aliphatic heterocycles. The molecule has 0 aromatic heterocycles. The molecule has 2 aliphatic rings. The van der Waals surface area contributed by atoms with Gasteiger partial charge in [0.1, 0.15) is 5.75 Å². The van der Waals surface area contributed by atoms with Gasteiger partial charge < -0.3 is 15.0 Å². The zero-order valence-corrected chi connectivity index (χ0v) is 11.4. The van der Waals surface area contributed by atoms with Gasteiger partial charge in [0, 0.05) is 25.9 Å². The average Bonchev–Trinajstić information content (AvgIpc) is 2.46. The van der Waals surface area contributed by atoms with Gasteiger partial charge in [0.25, 0.3) is 5.91 Å². The molecule has 1 N–H and O–H groups in total. The van der Waals surface area contributed by atoms with E-state index < -0.39 is 17.8 Å². The molecule has 1 saturated heterocycles. The summed E-state index contributed by atoms with van der Waals surface area (Å²) in [6, 6.07) is 6.67. The van der Waals surface area contributed by atoms with Gasteiger partial charge in [-0.3, -0.25) is 9.59 Å². The Morgan fingerprint density at radius 3 is 2.50 bits per heavy atom. The van der Waals surface area contributed by atoms with E-state index in [9.17, 15) is 22.8 Å². The van der Waals surface area contributed by atoms with E-state index in [-0.39, 0.29) is 31.8 Å².